The molecule has 2 rings (SSSR count). The summed E-state index contributed by atoms with van der Waals surface area (Å²) in [5.41, 5.74) is 0.715. The van der Waals surface area contributed by atoms with Gasteiger partial charge in [0.25, 0.3) is 5.91 Å². The van der Waals surface area contributed by atoms with Gasteiger partial charge in [0.15, 0.2) is 0 Å². The van der Waals surface area contributed by atoms with Crippen LogP contribution >= 0.6 is 34.2 Å². The van der Waals surface area contributed by atoms with E-state index < -0.39 is 0 Å². The van der Waals surface area contributed by atoms with Crippen LogP contribution in [-0.4, -0.2) is 31.0 Å². The van der Waals surface area contributed by atoms with Crippen molar-refractivity contribution < 1.29 is 9.53 Å². The van der Waals surface area contributed by atoms with Crippen LogP contribution in [0.15, 0.2) is 48.5 Å². The molecule has 2 aromatic rings. The van der Waals surface area contributed by atoms with Gasteiger partial charge in [-0.15, -0.1) is 0 Å². The van der Waals surface area contributed by atoms with Crippen molar-refractivity contribution in [2.45, 2.75) is 0 Å². The smallest absolute Gasteiger partial charge is 0.254 e. The van der Waals surface area contributed by atoms with Crippen molar-refractivity contribution in [3.63, 3.8) is 0 Å². The SMILES string of the molecule is CN(CCOc1ccc(Cl)cc1)C(=O)c1ccccc1I. The second-order valence-electron chi connectivity index (χ2n) is 4.51. The molecule has 0 aliphatic carbocycles. The van der Waals surface area contributed by atoms with Crippen molar-refractivity contribution >= 4 is 40.1 Å². The summed E-state index contributed by atoms with van der Waals surface area (Å²) in [6, 6.07) is 14.7. The molecule has 0 atom stereocenters. The molecule has 110 valence electrons. The first-order valence-corrected chi connectivity index (χ1v) is 7.92. The van der Waals surface area contributed by atoms with Crippen LogP contribution in [0.2, 0.25) is 5.02 Å². The summed E-state index contributed by atoms with van der Waals surface area (Å²) >= 11 is 7.98. The van der Waals surface area contributed by atoms with E-state index in [-0.39, 0.29) is 5.91 Å². The number of carbonyl (C=O) groups is 1. The number of carbonyl (C=O) groups excluding carboxylic acids is 1. The van der Waals surface area contributed by atoms with Crippen LogP contribution in [0.3, 0.4) is 0 Å². The van der Waals surface area contributed by atoms with Gasteiger partial charge in [-0.25, -0.2) is 0 Å². The number of halogens is 2. The second kappa shape index (κ2) is 7.66. The van der Waals surface area contributed by atoms with Gasteiger partial charge in [0, 0.05) is 15.6 Å². The van der Waals surface area contributed by atoms with Crippen LogP contribution < -0.4 is 4.74 Å². The third-order valence-electron chi connectivity index (χ3n) is 2.96. The van der Waals surface area contributed by atoms with Crippen molar-refractivity contribution in [3.05, 3.63) is 62.7 Å². The minimum absolute atomic E-state index is 0.000272. The first-order valence-electron chi connectivity index (χ1n) is 6.46. The number of likely N-dealkylation sites (N-methyl/N-ethyl adjacent to an activating group) is 1. The van der Waals surface area contributed by atoms with Crippen LogP contribution in [0.25, 0.3) is 0 Å². The maximum atomic E-state index is 12.3. The molecule has 2 aromatic carbocycles. The molecular formula is C16H15ClINO2. The zero-order valence-electron chi connectivity index (χ0n) is 11.6. The lowest BCUT2D eigenvalue weighted by Crippen LogP contribution is -2.31. The summed E-state index contributed by atoms with van der Waals surface area (Å²) in [6.07, 6.45) is 0. The van der Waals surface area contributed by atoms with E-state index in [2.05, 4.69) is 22.6 Å². The normalized spacial score (nSPS) is 10.2. The summed E-state index contributed by atoms with van der Waals surface area (Å²) in [5.74, 6) is 0.745. The molecule has 0 aliphatic heterocycles. The van der Waals surface area contributed by atoms with Gasteiger partial charge in [-0.3, -0.25) is 4.79 Å². The quantitative estimate of drug-likeness (QED) is 0.688. The monoisotopic (exact) mass is 415 g/mol. The zero-order chi connectivity index (χ0) is 15.2. The third kappa shape index (κ3) is 4.61. The molecule has 0 N–H and O–H groups in total. The third-order valence-corrected chi connectivity index (χ3v) is 4.15. The number of rotatable bonds is 5. The lowest BCUT2D eigenvalue weighted by atomic mass is 10.2. The van der Waals surface area contributed by atoms with Gasteiger partial charge in [0.2, 0.25) is 0 Å². The van der Waals surface area contributed by atoms with Crippen LogP contribution in [-0.2, 0) is 0 Å². The minimum Gasteiger partial charge on any atom is -0.492 e. The Morgan fingerprint density at radius 2 is 1.86 bits per heavy atom. The van der Waals surface area contributed by atoms with E-state index in [0.717, 1.165) is 9.32 Å². The number of hydrogen-bond donors (Lipinski definition) is 0. The molecule has 0 fully saturated rings. The van der Waals surface area contributed by atoms with Crippen LogP contribution in [0.1, 0.15) is 10.4 Å². The lowest BCUT2D eigenvalue weighted by molar-refractivity contribution is 0.0772. The van der Waals surface area contributed by atoms with Crippen molar-refractivity contribution in [3.8, 4) is 5.75 Å². The Balaban J connectivity index is 1.87. The van der Waals surface area contributed by atoms with E-state index in [1.807, 2.05) is 36.4 Å². The molecule has 0 aromatic heterocycles. The first-order chi connectivity index (χ1) is 10.1. The van der Waals surface area contributed by atoms with Crippen molar-refractivity contribution in [1.82, 2.24) is 4.90 Å². The molecule has 0 radical (unpaired) electrons. The highest BCUT2D eigenvalue weighted by Gasteiger charge is 2.13. The molecule has 21 heavy (non-hydrogen) atoms. The fourth-order valence-corrected chi connectivity index (χ4v) is 2.52. The van der Waals surface area contributed by atoms with Crippen molar-refractivity contribution in [2.24, 2.45) is 0 Å². The van der Waals surface area contributed by atoms with Crippen molar-refractivity contribution in [1.29, 1.82) is 0 Å². The van der Waals surface area contributed by atoms with Gasteiger partial charge in [0.05, 0.1) is 12.1 Å². The molecule has 0 aliphatic rings. The number of nitrogens with zero attached hydrogens (tertiary/aromatic N) is 1. The molecule has 0 bridgehead atoms. The van der Waals surface area contributed by atoms with E-state index in [1.54, 1.807) is 24.1 Å². The molecule has 3 nitrogen and oxygen atoms in total. The fraction of sp³-hybridized carbons (Fsp3) is 0.188. The Hall–Kier alpha value is -1.27. The van der Waals surface area contributed by atoms with E-state index >= 15 is 0 Å². The molecular weight excluding hydrogens is 401 g/mol. The van der Waals surface area contributed by atoms with Gasteiger partial charge in [-0.2, -0.15) is 0 Å². The van der Waals surface area contributed by atoms with Crippen LogP contribution in [0.4, 0.5) is 0 Å². The van der Waals surface area contributed by atoms with Gasteiger partial charge in [-0.1, -0.05) is 23.7 Å². The molecule has 0 saturated heterocycles. The summed E-state index contributed by atoms with van der Waals surface area (Å²) in [7, 11) is 1.77. The predicted molar refractivity (Wildman–Crippen MR) is 93.1 cm³/mol. The highest BCUT2D eigenvalue weighted by Crippen LogP contribution is 2.16. The fourth-order valence-electron chi connectivity index (χ4n) is 1.77. The Labute approximate surface area is 143 Å². The van der Waals surface area contributed by atoms with Gasteiger partial charge < -0.3 is 9.64 Å². The Morgan fingerprint density at radius 1 is 1.19 bits per heavy atom. The number of ether oxygens (including phenoxy) is 1. The maximum absolute atomic E-state index is 12.3. The van der Waals surface area contributed by atoms with Gasteiger partial charge in [-0.05, 0) is 59.0 Å². The highest BCUT2D eigenvalue weighted by atomic mass is 127. The second-order valence-corrected chi connectivity index (χ2v) is 6.11. The number of hydrogen-bond acceptors (Lipinski definition) is 2. The maximum Gasteiger partial charge on any atom is 0.254 e. The Kier molecular flexibility index (Phi) is 5.87. The minimum atomic E-state index is -0.000272. The van der Waals surface area contributed by atoms with Gasteiger partial charge in [0.1, 0.15) is 12.4 Å². The highest BCUT2D eigenvalue weighted by molar-refractivity contribution is 14.1. The average Bonchev–Trinajstić information content (AvgIpc) is 2.49. The predicted octanol–water partition coefficient (Wildman–Crippen LogP) is 4.10. The molecule has 0 saturated carbocycles. The van der Waals surface area contributed by atoms with E-state index in [4.69, 9.17) is 16.3 Å². The summed E-state index contributed by atoms with van der Waals surface area (Å²) < 4.78 is 6.54. The van der Waals surface area contributed by atoms with Crippen LogP contribution in [0, 0.1) is 3.57 Å². The van der Waals surface area contributed by atoms with Crippen LogP contribution in [0.5, 0.6) is 5.75 Å². The van der Waals surface area contributed by atoms with Gasteiger partial charge >= 0.3 is 0 Å². The number of benzene rings is 2. The van der Waals surface area contributed by atoms with E-state index in [1.165, 1.54) is 0 Å². The number of amides is 1. The largest absolute Gasteiger partial charge is 0.492 e. The van der Waals surface area contributed by atoms with E-state index in [9.17, 15) is 4.79 Å². The molecule has 1 amide bonds. The van der Waals surface area contributed by atoms with E-state index in [0.29, 0.717) is 23.7 Å². The summed E-state index contributed by atoms with van der Waals surface area (Å²) in [6.45, 7) is 0.958. The standard InChI is InChI=1S/C16H15ClINO2/c1-19(16(20)14-4-2-3-5-15(14)18)10-11-21-13-8-6-12(17)7-9-13/h2-9H,10-11H2,1H3. The average molecular weight is 416 g/mol. The summed E-state index contributed by atoms with van der Waals surface area (Å²) in [5, 5.41) is 0.674. The first kappa shape index (κ1) is 16.1. The Morgan fingerprint density at radius 3 is 2.52 bits per heavy atom. The summed E-state index contributed by atoms with van der Waals surface area (Å²) in [4.78, 5) is 14.0. The Bertz CT molecular complexity index is 616. The topological polar surface area (TPSA) is 29.5 Å². The molecule has 5 heteroatoms. The lowest BCUT2D eigenvalue weighted by Gasteiger charge is -2.18. The molecule has 0 unspecified atom stereocenters. The zero-order valence-corrected chi connectivity index (χ0v) is 14.5. The van der Waals surface area contributed by atoms with Crippen molar-refractivity contribution in [2.75, 3.05) is 20.2 Å². The molecule has 0 heterocycles. The molecule has 0 spiro atoms.